The maximum Gasteiger partial charge on any atom is 0.222 e. The smallest absolute Gasteiger partial charge is 0.222 e. The highest BCUT2D eigenvalue weighted by Gasteiger charge is 2.04. The molecule has 4 nitrogen and oxygen atoms in total. The number of aryl methyl sites for hydroxylation is 1. The molecule has 2 aromatic heterocycles. The van der Waals surface area contributed by atoms with E-state index >= 15 is 0 Å². The summed E-state index contributed by atoms with van der Waals surface area (Å²) in [6.45, 7) is 1.92. The van der Waals surface area contributed by atoms with Crippen molar-refractivity contribution in [2.24, 2.45) is 0 Å². The van der Waals surface area contributed by atoms with Crippen molar-refractivity contribution in [1.29, 1.82) is 0 Å². The minimum Gasteiger partial charge on any atom is -0.368 e. The topological polar surface area (TPSA) is 64.9 Å². The Kier molecular flexibility index (Phi) is 1.73. The van der Waals surface area contributed by atoms with Crippen LogP contribution in [0.5, 0.6) is 0 Å². The van der Waals surface area contributed by atoms with Gasteiger partial charge in [-0.05, 0) is 19.1 Å². The monoisotopic (exact) mass is 175 g/mol. The van der Waals surface area contributed by atoms with E-state index in [2.05, 4.69) is 10.1 Å². The van der Waals surface area contributed by atoms with Crippen molar-refractivity contribution < 1.29 is 4.52 Å². The second-order valence-corrected chi connectivity index (χ2v) is 2.78. The molecule has 0 bridgehead atoms. The second-order valence-electron chi connectivity index (χ2n) is 2.78. The maximum atomic E-state index is 5.40. The number of hydrogen-bond donors (Lipinski definition) is 1. The van der Waals surface area contributed by atoms with E-state index in [4.69, 9.17) is 10.3 Å². The molecular weight excluding hydrogens is 166 g/mol. The minimum atomic E-state index is 0.304. The second kappa shape index (κ2) is 2.90. The first-order valence-corrected chi connectivity index (χ1v) is 3.92. The lowest BCUT2D eigenvalue weighted by atomic mass is 10.2. The molecule has 0 aliphatic carbocycles. The normalized spacial score (nSPS) is 10.2. The van der Waals surface area contributed by atoms with Crippen LogP contribution in [-0.4, -0.2) is 10.1 Å². The van der Waals surface area contributed by atoms with Gasteiger partial charge in [0.25, 0.3) is 0 Å². The molecule has 66 valence electrons. The molecule has 0 atom stereocenters. The average molecular weight is 175 g/mol. The van der Waals surface area contributed by atoms with Gasteiger partial charge in [0.05, 0.1) is 5.69 Å². The first kappa shape index (κ1) is 7.79. The number of pyridine rings is 1. The number of aromatic nitrogens is 2. The van der Waals surface area contributed by atoms with Gasteiger partial charge in [-0.15, -0.1) is 0 Å². The molecule has 0 aliphatic heterocycles. The summed E-state index contributed by atoms with van der Waals surface area (Å²) in [4.78, 5) is 4.28. The summed E-state index contributed by atoms with van der Waals surface area (Å²) >= 11 is 0. The van der Waals surface area contributed by atoms with E-state index in [1.54, 1.807) is 6.07 Å². The number of anilines is 1. The molecule has 0 fully saturated rings. The molecule has 2 heterocycles. The number of hydrogen-bond acceptors (Lipinski definition) is 4. The highest BCUT2D eigenvalue weighted by Crippen LogP contribution is 2.17. The van der Waals surface area contributed by atoms with Gasteiger partial charge in [-0.3, -0.25) is 4.98 Å². The molecule has 0 saturated carbocycles. The van der Waals surface area contributed by atoms with Crippen molar-refractivity contribution in [2.75, 3.05) is 5.73 Å². The third-order valence-corrected chi connectivity index (χ3v) is 1.68. The summed E-state index contributed by atoms with van der Waals surface area (Å²) < 4.78 is 4.75. The first-order chi connectivity index (χ1) is 6.25. The van der Waals surface area contributed by atoms with Crippen molar-refractivity contribution in [3.8, 4) is 11.4 Å². The molecule has 0 saturated heterocycles. The van der Waals surface area contributed by atoms with E-state index in [-0.39, 0.29) is 0 Å². The molecule has 2 aromatic rings. The van der Waals surface area contributed by atoms with Gasteiger partial charge >= 0.3 is 0 Å². The summed E-state index contributed by atoms with van der Waals surface area (Å²) in [6.07, 6.45) is 0. The van der Waals surface area contributed by atoms with Gasteiger partial charge < -0.3 is 10.3 Å². The summed E-state index contributed by atoms with van der Waals surface area (Å²) in [6, 6.07) is 7.36. The Hall–Kier alpha value is -1.84. The molecule has 0 aliphatic rings. The lowest BCUT2D eigenvalue weighted by Crippen LogP contribution is -1.85. The quantitative estimate of drug-likeness (QED) is 0.715. The number of nitrogens with two attached hydrogens (primary N) is 1. The van der Waals surface area contributed by atoms with Crippen LogP contribution in [0.1, 0.15) is 5.69 Å². The molecule has 13 heavy (non-hydrogen) atoms. The largest absolute Gasteiger partial charge is 0.368 e. The van der Waals surface area contributed by atoms with Gasteiger partial charge in [-0.1, -0.05) is 11.2 Å². The van der Waals surface area contributed by atoms with E-state index in [0.29, 0.717) is 11.6 Å². The predicted octanol–water partition coefficient (Wildman–Crippen LogP) is 1.63. The van der Waals surface area contributed by atoms with Crippen LogP contribution in [0.2, 0.25) is 0 Å². The van der Waals surface area contributed by atoms with Crippen molar-refractivity contribution in [1.82, 2.24) is 10.1 Å². The molecule has 0 unspecified atom stereocenters. The standard InChI is InChI=1S/C9H9N3O/c1-6-3-2-4-7(11-6)8-5-9(10)13-12-8/h2-5H,10H2,1H3. The molecule has 4 heteroatoms. The predicted molar refractivity (Wildman–Crippen MR) is 48.9 cm³/mol. The molecule has 0 spiro atoms. The Morgan fingerprint density at radius 2 is 2.15 bits per heavy atom. The fourth-order valence-electron chi connectivity index (χ4n) is 1.10. The van der Waals surface area contributed by atoms with E-state index < -0.39 is 0 Å². The number of rotatable bonds is 1. The fourth-order valence-corrected chi connectivity index (χ4v) is 1.10. The Bertz CT molecular complexity index is 422. The van der Waals surface area contributed by atoms with E-state index in [1.165, 1.54) is 0 Å². The van der Waals surface area contributed by atoms with Gasteiger partial charge in [0.1, 0.15) is 5.69 Å². The van der Waals surface area contributed by atoms with Crippen LogP contribution >= 0.6 is 0 Å². The van der Waals surface area contributed by atoms with Crippen LogP contribution in [0.25, 0.3) is 11.4 Å². The van der Waals surface area contributed by atoms with Gasteiger partial charge in [-0.25, -0.2) is 0 Å². The van der Waals surface area contributed by atoms with Gasteiger partial charge in [0, 0.05) is 11.8 Å². The van der Waals surface area contributed by atoms with E-state index in [0.717, 1.165) is 11.4 Å². The number of nitrogens with zero attached hydrogens (tertiary/aromatic N) is 2. The van der Waals surface area contributed by atoms with E-state index in [9.17, 15) is 0 Å². The Morgan fingerprint density at radius 3 is 2.77 bits per heavy atom. The minimum absolute atomic E-state index is 0.304. The number of nitrogen functional groups attached to an aromatic ring is 1. The van der Waals surface area contributed by atoms with Crippen LogP contribution in [0.3, 0.4) is 0 Å². The third kappa shape index (κ3) is 1.51. The average Bonchev–Trinajstić information content (AvgIpc) is 2.52. The van der Waals surface area contributed by atoms with Crippen molar-refractivity contribution >= 4 is 5.88 Å². The van der Waals surface area contributed by atoms with E-state index in [1.807, 2.05) is 25.1 Å². The zero-order chi connectivity index (χ0) is 9.26. The Labute approximate surface area is 75.4 Å². The molecule has 0 amide bonds. The summed E-state index contributed by atoms with van der Waals surface area (Å²) in [7, 11) is 0. The lowest BCUT2D eigenvalue weighted by Gasteiger charge is -1.94. The summed E-state index contributed by atoms with van der Waals surface area (Å²) in [5, 5.41) is 3.76. The molecule has 2 rings (SSSR count). The molecular formula is C9H9N3O. The third-order valence-electron chi connectivity index (χ3n) is 1.68. The molecule has 0 aromatic carbocycles. The maximum absolute atomic E-state index is 5.40. The van der Waals surface area contributed by atoms with Crippen molar-refractivity contribution in [3.05, 3.63) is 30.0 Å². The van der Waals surface area contributed by atoms with Gasteiger partial charge in [0.15, 0.2) is 0 Å². The van der Waals surface area contributed by atoms with Gasteiger partial charge in [0.2, 0.25) is 5.88 Å². The van der Waals surface area contributed by atoms with Crippen LogP contribution < -0.4 is 5.73 Å². The van der Waals surface area contributed by atoms with Crippen molar-refractivity contribution in [3.63, 3.8) is 0 Å². The van der Waals surface area contributed by atoms with Crippen LogP contribution in [0.4, 0.5) is 5.88 Å². The highest BCUT2D eigenvalue weighted by atomic mass is 16.5. The zero-order valence-electron chi connectivity index (χ0n) is 7.19. The zero-order valence-corrected chi connectivity index (χ0v) is 7.19. The Morgan fingerprint density at radius 1 is 1.31 bits per heavy atom. The van der Waals surface area contributed by atoms with Crippen LogP contribution in [-0.2, 0) is 0 Å². The Balaban J connectivity index is 2.46. The SMILES string of the molecule is Cc1cccc(-c2cc(N)on2)n1. The molecule has 2 N–H and O–H groups in total. The summed E-state index contributed by atoms with van der Waals surface area (Å²) in [5.41, 5.74) is 7.79. The highest BCUT2D eigenvalue weighted by molar-refractivity contribution is 5.56. The first-order valence-electron chi connectivity index (χ1n) is 3.92. The lowest BCUT2D eigenvalue weighted by molar-refractivity contribution is 0.439. The van der Waals surface area contributed by atoms with Crippen LogP contribution in [0, 0.1) is 6.92 Å². The summed E-state index contributed by atoms with van der Waals surface area (Å²) in [5.74, 6) is 0.304. The van der Waals surface area contributed by atoms with Crippen molar-refractivity contribution in [2.45, 2.75) is 6.92 Å². The molecule has 0 radical (unpaired) electrons. The van der Waals surface area contributed by atoms with Gasteiger partial charge in [-0.2, -0.15) is 0 Å². The van der Waals surface area contributed by atoms with Crippen LogP contribution in [0.15, 0.2) is 28.8 Å². The fraction of sp³-hybridized carbons (Fsp3) is 0.111.